The molecule has 26 heavy (non-hydrogen) atoms. The van der Waals surface area contributed by atoms with E-state index in [1.165, 1.54) is 25.3 Å². The number of esters is 1. The second-order valence-corrected chi connectivity index (χ2v) is 8.22. The van der Waals surface area contributed by atoms with Crippen molar-refractivity contribution in [2.45, 2.75) is 50.1 Å². The molecular weight excluding hydrogens is 360 g/mol. The molecule has 2 aromatic rings. The van der Waals surface area contributed by atoms with Gasteiger partial charge in [0, 0.05) is 18.7 Å². The van der Waals surface area contributed by atoms with Crippen LogP contribution in [0.2, 0.25) is 0 Å². The highest BCUT2D eigenvalue weighted by Gasteiger charge is 2.33. The van der Waals surface area contributed by atoms with Crippen LogP contribution in [0, 0.1) is 0 Å². The molecule has 0 amide bonds. The summed E-state index contributed by atoms with van der Waals surface area (Å²) in [6.45, 7) is 2.18. The number of carbonyl (C=O) groups excluding carboxylic acids is 1. The average molecular weight is 382 g/mol. The standard InChI is InChI=1S/C17H22N2O6S/c1-3-12-6-4-5-9-19(12)26(22,23)13-7-8-14-15(10-13)25-17(21)18(14)11-16(20)24-2/h7-8,10,12H,3-6,9,11H2,1-2H3/t12-/m0/s1. The van der Waals surface area contributed by atoms with Crippen LogP contribution in [0.4, 0.5) is 0 Å². The van der Waals surface area contributed by atoms with E-state index in [1.807, 2.05) is 6.92 Å². The summed E-state index contributed by atoms with van der Waals surface area (Å²) in [6.07, 6.45) is 3.46. The number of nitrogens with zero attached hydrogens (tertiary/aromatic N) is 2. The summed E-state index contributed by atoms with van der Waals surface area (Å²) < 4.78 is 38.4. The minimum atomic E-state index is -3.68. The number of sulfonamides is 1. The van der Waals surface area contributed by atoms with Crippen LogP contribution in [0.3, 0.4) is 0 Å². The molecule has 1 aromatic carbocycles. The molecular formula is C17H22N2O6S. The van der Waals surface area contributed by atoms with E-state index in [9.17, 15) is 18.0 Å². The average Bonchev–Trinajstić information content (AvgIpc) is 2.96. The number of ether oxygens (including phenoxy) is 1. The SMILES string of the molecule is CC[C@H]1CCCCN1S(=O)(=O)c1ccc2c(c1)oc(=O)n2CC(=O)OC. The third-order valence-corrected chi connectivity index (χ3v) is 6.75. The van der Waals surface area contributed by atoms with Crippen molar-refractivity contribution in [3.05, 3.63) is 28.7 Å². The van der Waals surface area contributed by atoms with Crippen molar-refractivity contribution in [3.8, 4) is 0 Å². The van der Waals surface area contributed by atoms with Gasteiger partial charge < -0.3 is 9.15 Å². The van der Waals surface area contributed by atoms with Gasteiger partial charge >= 0.3 is 11.7 Å². The van der Waals surface area contributed by atoms with Gasteiger partial charge in [0.2, 0.25) is 10.0 Å². The van der Waals surface area contributed by atoms with Crippen LogP contribution in [-0.4, -0.2) is 43.0 Å². The van der Waals surface area contributed by atoms with E-state index < -0.39 is 21.7 Å². The Balaban J connectivity index is 2.01. The highest BCUT2D eigenvalue weighted by atomic mass is 32.2. The van der Waals surface area contributed by atoms with Gasteiger partial charge in [-0.25, -0.2) is 13.2 Å². The maximum absolute atomic E-state index is 13.0. The molecule has 0 radical (unpaired) electrons. The molecule has 1 atom stereocenters. The quantitative estimate of drug-likeness (QED) is 0.730. The zero-order chi connectivity index (χ0) is 18.9. The zero-order valence-electron chi connectivity index (χ0n) is 14.8. The number of aromatic nitrogens is 1. The van der Waals surface area contributed by atoms with E-state index in [2.05, 4.69) is 4.74 Å². The number of rotatable bonds is 5. The minimum Gasteiger partial charge on any atom is -0.468 e. The van der Waals surface area contributed by atoms with Crippen LogP contribution < -0.4 is 5.76 Å². The molecule has 142 valence electrons. The minimum absolute atomic E-state index is 0.0135. The molecule has 1 aliphatic rings. The highest BCUT2D eigenvalue weighted by molar-refractivity contribution is 7.89. The van der Waals surface area contributed by atoms with Crippen LogP contribution >= 0.6 is 0 Å². The van der Waals surface area contributed by atoms with E-state index in [-0.39, 0.29) is 23.1 Å². The molecule has 0 N–H and O–H groups in total. The number of methoxy groups -OCH3 is 1. The Hall–Kier alpha value is -2.13. The number of hydrogen-bond acceptors (Lipinski definition) is 6. The molecule has 1 fully saturated rings. The van der Waals surface area contributed by atoms with Crippen LogP contribution in [0.15, 0.2) is 32.3 Å². The van der Waals surface area contributed by atoms with Crippen molar-refractivity contribution in [2.24, 2.45) is 0 Å². The molecule has 9 heteroatoms. The first-order valence-electron chi connectivity index (χ1n) is 8.60. The Morgan fingerprint density at radius 3 is 2.81 bits per heavy atom. The van der Waals surface area contributed by atoms with Crippen molar-refractivity contribution in [1.82, 2.24) is 8.87 Å². The summed E-state index contributed by atoms with van der Waals surface area (Å²) in [5, 5.41) is 0. The Morgan fingerprint density at radius 2 is 2.12 bits per heavy atom. The molecule has 0 unspecified atom stereocenters. The summed E-state index contributed by atoms with van der Waals surface area (Å²) in [6, 6.07) is 4.27. The molecule has 0 saturated carbocycles. The van der Waals surface area contributed by atoms with Gasteiger partial charge in [-0.15, -0.1) is 0 Å². The second kappa shape index (κ2) is 7.24. The van der Waals surface area contributed by atoms with E-state index in [0.717, 1.165) is 30.3 Å². The zero-order valence-corrected chi connectivity index (χ0v) is 15.6. The van der Waals surface area contributed by atoms with Gasteiger partial charge in [-0.3, -0.25) is 9.36 Å². The van der Waals surface area contributed by atoms with Crippen molar-refractivity contribution >= 4 is 27.1 Å². The molecule has 2 heterocycles. The van der Waals surface area contributed by atoms with Crippen LogP contribution in [0.5, 0.6) is 0 Å². The smallest absolute Gasteiger partial charge is 0.420 e. The Morgan fingerprint density at radius 1 is 1.35 bits per heavy atom. The maximum Gasteiger partial charge on any atom is 0.420 e. The van der Waals surface area contributed by atoms with E-state index in [4.69, 9.17) is 4.42 Å². The lowest BCUT2D eigenvalue weighted by Crippen LogP contribution is -2.43. The first-order valence-corrected chi connectivity index (χ1v) is 10.0. The maximum atomic E-state index is 13.0. The normalized spacial score (nSPS) is 18.9. The van der Waals surface area contributed by atoms with E-state index in [0.29, 0.717) is 12.1 Å². The summed E-state index contributed by atoms with van der Waals surface area (Å²) >= 11 is 0. The fourth-order valence-electron chi connectivity index (χ4n) is 3.38. The summed E-state index contributed by atoms with van der Waals surface area (Å²) in [4.78, 5) is 23.5. The molecule has 8 nitrogen and oxygen atoms in total. The molecule has 1 aromatic heterocycles. The third-order valence-electron chi connectivity index (χ3n) is 4.81. The van der Waals surface area contributed by atoms with Gasteiger partial charge in [0.05, 0.1) is 17.5 Å². The molecule has 0 bridgehead atoms. The van der Waals surface area contributed by atoms with Gasteiger partial charge in [0.1, 0.15) is 6.54 Å². The van der Waals surface area contributed by atoms with E-state index >= 15 is 0 Å². The van der Waals surface area contributed by atoms with Gasteiger partial charge in [0.25, 0.3) is 0 Å². The van der Waals surface area contributed by atoms with Crippen molar-refractivity contribution in [1.29, 1.82) is 0 Å². The predicted molar refractivity (Wildman–Crippen MR) is 94.3 cm³/mol. The number of piperidine rings is 1. The van der Waals surface area contributed by atoms with Crippen LogP contribution in [-0.2, 0) is 26.1 Å². The monoisotopic (exact) mass is 382 g/mol. The van der Waals surface area contributed by atoms with Crippen LogP contribution in [0.25, 0.3) is 11.1 Å². The Bertz CT molecular complexity index is 975. The Labute approximate surface area is 151 Å². The van der Waals surface area contributed by atoms with Crippen LogP contribution in [0.1, 0.15) is 32.6 Å². The second-order valence-electron chi connectivity index (χ2n) is 6.33. The van der Waals surface area contributed by atoms with Gasteiger partial charge in [0.15, 0.2) is 5.58 Å². The summed E-state index contributed by atoms with van der Waals surface area (Å²) in [7, 11) is -2.45. The van der Waals surface area contributed by atoms with Gasteiger partial charge in [-0.1, -0.05) is 13.3 Å². The number of fused-ring (bicyclic) bond motifs is 1. The van der Waals surface area contributed by atoms with E-state index in [1.54, 1.807) is 4.31 Å². The molecule has 1 aliphatic heterocycles. The van der Waals surface area contributed by atoms with Gasteiger partial charge in [-0.2, -0.15) is 4.31 Å². The number of carbonyl (C=O) groups is 1. The molecule has 3 rings (SSSR count). The van der Waals surface area contributed by atoms with Crippen molar-refractivity contribution in [2.75, 3.05) is 13.7 Å². The lowest BCUT2D eigenvalue weighted by Gasteiger charge is -2.34. The molecule has 0 spiro atoms. The lowest BCUT2D eigenvalue weighted by atomic mass is 10.0. The number of hydrogen-bond donors (Lipinski definition) is 0. The fourth-order valence-corrected chi connectivity index (χ4v) is 5.17. The largest absolute Gasteiger partial charge is 0.468 e. The molecule has 0 aliphatic carbocycles. The van der Waals surface area contributed by atoms with Crippen molar-refractivity contribution < 1.29 is 22.4 Å². The predicted octanol–water partition coefficient (Wildman–Crippen LogP) is 1.72. The number of oxazole rings is 1. The fraction of sp³-hybridized carbons (Fsp3) is 0.529. The highest BCUT2D eigenvalue weighted by Crippen LogP contribution is 2.28. The summed E-state index contributed by atoms with van der Waals surface area (Å²) in [5.74, 6) is -1.32. The van der Waals surface area contributed by atoms with Crippen molar-refractivity contribution in [3.63, 3.8) is 0 Å². The molecule has 1 saturated heterocycles. The summed E-state index contributed by atoms with van der Waals surface area (Å²) in [5.41, 5.74) is 0.482. The van der Waals surface area contributed by atoms with Gasteiger partial charge in [-0.05, 0) is 31.4 Å². The first-order chi connectivity index (χ1) is 12.4. The third kappa shape index (κ3) is 3.28. The first kappa shape index (κ1) is 18.7. The topological polar surface area (TPSA) is 98.8 Å². The lowest BCUT2D eigenvalue weighted by molar-refractivity contribution is -0.141. The number of benzene rings is 1. The Kier molecular flexibility index (Phi) is 5.19.